The number of thioether (sulfide) groups is 1. The molecule has 3 heterocycles. The molecule has 2 N–H and O–H groups in total. The highest BCUT2D eigenvalue weighted by Gasteiger charge is 2.32. The Morgan fingerprint density at radius 1 is 1.19 bits per heavy atom. The summed E-state index contributed by atoms with van der Waals surface area (Å²) in [6, 6.07) is 11.0. The smallest absolute Gasteiger partial charge is 0.267 e. The average Bonchev–Trinajstić information content (AvgIpc) is 3.03. The summed E-state index contributed by atoms with van der Waals surface area (Å²) in [5.74, 6) is -0.430. The van der Waals surface area contributed by atoms with E-state index in [-0.39, 0.29) is 53.3 Å². The number of carbonyl (C=O) groups is 1. The van der Waals surface area contributed by atoms with Crippen LogP contribution in [0.4, 0.5) is 10.2 Å². The van der Waals surface area contributed by atoms with Crippen molar-refractivity contribution in [3.05, 3.63) is 80.9 Å². The van der Waals surface area contributed by atoms with E-state index < -0.39 is 0 Å². The number of anilines is 1. The molecular formula is C21H17FN4O3S2. The molecule has 158 valence electrons. The normalized spacial score (nSPS) is 15.3. The van der Waals surface area contributed by atoms with Gasteiger partial charge in [-0.25, -0.2) is 9.37 Å². The highest BCUT2D eigenvalue weighted by molar-refractivity contribution is 8.26. The molecule has 1 aliphatic heterocycles. The van der Waals surface area contributed by atoms with E-state index in [4.69, 9.17) is 17.3 Å². The van der Waals surface area contributed by atoms with Gasteiger partial charge in [-0.15, -0.1) is 0 Å². The van der Waals surface area contributed by atoms with Crippen LogP contribution >= 0.6 is 24.0 Å². The lowest BCUT2D eigenvalue weighted by Crippen LogP contribution is -2.27. The van der Waals surface area contributed by atoms with E-state index in [0.29, 0.717) is 9.97 Å². The molecule has 10 heteroatoms. The van der Waals surface area contributed by atoms with Gasteiger partial charge in [-0.3, -0.25) is 18.9 Å². The van der Waals surface area contributed by atoms with Gasteiger partial charge in [0.25, 0.3) is 11.5 Å². The van der Waals surface area contributed by atoms with Gasteiger partial charge in [-0.2, -0.15) is 0 Å². The van der Waals surface area contributed by atoms with E-state index in [9.17, 15) is 14.0 Å². The zero-order chi connectivity index (χ0) is 22.0. The van der Waals surface area contributed by atoms with E-state index in [1.54, 1.807) is 36.5 Å². The summed E-state index contributed by atoms with van der Waals surface area (Å²) in [6.07, 6.45) is 3.07. The van der Waals surface area contributed by atoms with Gasteiger partial charge in [0.2, 0.25) is 0 Å². The Morgan fingerprint density at radius 2 is 1.97 bits per heavy atom. The summed E-state index contributed by atoms with van der Waals surface area (Å²) >= 11 is 6.44. The fourth-order valence-corrected chi connectivity index (χ4v) is 4.32. The number of aromatic nitrogens is 2. The number of aliphatic hydroxyl groups excluding tert-OH is 1. The Labute approximate surface area is 186 Å². The van der Waals surface area contributed by atoms with Crippen LogP contribution in [0.15, 0.2) is 58.4 Å². The maximum Gasteiger partial charge on any atom is 0.267 e. The molecular weight excluding hydrogens is 439 g/mol. The monoisotopic (exact) mass is 456 g/mol. The summed E-state index contributed by atoms with van der Waals surface area (Å²) in [4.78, 5) is 32.2. The molecule has 7 nitrogen and oxygen atoms in total. The molecule has 2 aromatic heterocycles. The van der Waals surface area contributed by atoms with Gasteiger partial charge in [-0.1, -0.05) is 42.2 Å². The summed E-state index contributed by atoms with van der Waals surface area (Å²) in [5, 5.41) is 12.1. The van der Waals surface area contributed by atoms with Crippen molar-refractivity contribution in [3.63, 3.8) is 0 Å². The van der Waals surface area contributed by atoms with Crippen LogP contribution in [0.3, 0.4) is 0 Å². The van der Waals surface area contributed by atoms with Crippen molar-refractivity contribution in [2.45, 2.75) is 6.54 Å². The molecule has 0 atom stereocenters. The van der Waals surface area contributed by atoms with Gasteiger partial charge in [0.1, 0.15) is 21.6 Å². The van der Waals surface area contributed by atoms with Crippen LogP contribution in [0.1, 0.15) is 11.1 Å². The number of carbonyl (C=O) groups excluding carboxylic acids is 1. The number of rotatable bonds is 6. The first kappa shape index (κ1) is 21.2. The molecule has 3 aromatic rings. The second-order valence-electron chi connectivity index (χ2n) is 6.65. The number of halogens is 1. The third kappa shape index (κ3) is 4.36. The number of amides is 1. The molecule has 31 heavy (non-hydrogen) atoms. The molecule has 0 saturated carbocycles. The largest absolute Gasteiger partial charge is 0.395 e. The fraction of sp³-hybridized carbons (Fsp3) is 0.143. The van der Waals surface area contributed by atoms with Crippen LogP contribution in [-0.4, -0.2) is 42.8 Å². The van der Waals surface area contributed by atoms with Gasteiger partial charge in [0.05, 0.1) is 23.6 Å². The SMILES string of the molecule is O=C1C(=Cc2c(NCCO)nc3ccccn3c2=O)SC(=S)N1Cc1ccc(F)cc1. The van der Waals surface area contributed by atoms with Crippen molar-refractivity contribution in [1.82, 2.24) is 14.3 Å². The van der Waals surface area contributed by atoms with Crippen molar-refractivity contribution >= 4 is 51.7 Å². The van der Waals surface area contributed by atoms with Crippen molar-refractivity contribution in [2.24, 2.45) is 0 Å². The highest BCUT2D eigenvalue weighted by atomic mass is 32.2. The van der Waals surface area contributed by atoms with Crippen LogP contribution in [0, 0.1) is 5.82 Å². The lowest BCUT2D eigenvalue weighted by molar-refractivity contribution is -0.122. The summed E-state index contributed by atoms with van der Waals surface area (Å²) < 4.78 is 14.9. The lowest BCUT2D eigenvalue weighted by Gasteiger charge is -2.14. The van der Waals surface area contributed by atoms with Gasteiger partial charge < -0.3 is 10.4 Å². The molecule has 1 amide bonds. The second-order valence-corrected chi connectivity index (χ2v) is 8.33. The number of benzene rings is 1. The summed E-state index contributed by atoms with van der Waals surface area (Å²) in [7, 11) is 0. The lowest BCUT2D eigenvalue weighted by atomic mass is 10.2. The van der Waals surface area contributed by atoms with Crippen molar-refractivity contribution in [3.8, 4) is 0 Å². The maximum atomic E-state index is 13.2. The number of nitrogens with zero attached hydrogens (tertiary/aromatic N) is 3. The molecule has 0 unspecified atom stereocenters. The molecule has 1 fully saturated rings. The average molecular weight is 457 g/mol. The Hall–Kier alpha value is -3.08. The predicted octanol–water partition coefficient (Wildman–Crippen LogP) is 2.64. The van der Waals surface area contributed by atoms with Gasteiger partial charge in [-0.05, 0) is 35.9 Å². The zero-order valence-corrected chi connectivity index (χ0v) is 17.8. The molecule has 0 aliphatic carbocycles. The first-order valence-corrected chi connectivity index (χ1v) is 10.6. The summed E-state index contributed by atoms with van der Waals surface area (Å²) in [5.41, 5.74) is 1.01. The van der Waals surface area contributed by atoms with Crippen LogP contribution in [0.25, 0.3) is 11.7 Å². The van der Waals surface area contributed by atoms with Crippen molar-refractivity contribution in [1.29, 1.82) is 0 Å². The predicted molar refractivity (Wildman–Crippen MR) is 122 cm³/mol. The van der Waals surface area contributed by atoms with Crippen LogP contribution in [0.5, 0.6) is 0 Å². The van der Waals surface area contributed by atoms with Crippen molar-refractivity contribution in [2.75, 3.05) is 18.5 Å². The number of fused-ring (bicyclic) bond motifs is 1. The summed E-state index contributed by atoms with van der Waals surface area (Å²) in [6.45, 7) is 0.254. The first-order valence-electron chi connectivity index (χ1n) is 9.34. The van der Waals surface area contributed by atoms with Crippen molar-refractivity contribution < 1.29 is 14.3 Å². The van der Waals surface area contributed by atoms with Gasteiger partial charge in [0, 0.05) is 12.7 Å². The van der Waals surface area contributed by atoms with Crippen LogP contribution in [-0.2, 0) is 11.3 Å². The fourth-order valence-electron chi connectivity index (χ4n) is 3.08. The maximum absolute atomic E-state index is 13.2. The number of hydrogen-bond donors (Lipinski definition) is 2. The number of aliphatic hydroxyl groups is 1. The van der Waals surface area contributed by atoms with Gasteiger partial charge in [0.15, 0.2) is 0 Å². The third-order valence-electron chi connectivity index (χ3n) is 4.58. The minimum atomic E-state index is -0.360. The first-order chi connectivity index (χ1) is 15.0. The number of hydrogen-bond acceptors (Lipinski definition) is 7. The van der Waals surface area contributed by atoms with E-state index in [1.807, 2.05) is 0 Å². The van der Waals surface area contributed by atoms with Gasteiger partial charge >= 0.3 is 0 Å². The molecule has 1 aliphatic rings. The molecule has 0 bridgehead atoms. The highest BCUT2D eigenvalue weighted by Crippen LogP contribution is 2.34. The van der Waals surface area contributed by atoms with E-state index in [1.165, 1.54) is 27.5 Å². The quantitative estimate of drug-likeness (QED) is 0.436. The minimum absolute atomic E-state index is 0.144. The molecule has 1 aromatic carbocycles. The molecule has 1 saturated heterocycles. The standard InChI is InChI=1S/C21H17FN4O3S2/c22-14-6-4-13(5-7-14)12-26-20(29)16(31-21(26)30)11-15-18(23-8-10-27)24-17-3-1-2-9-25(17)19(15)28/h1-7,9,11,23,27H,8,10,12H2. The Balaban J connectivity index is 1.71. The molecule has 4 rings (SSSR count). The second kappa shape index (κ2) is 8.96. The Bertz CT molecular complexity index is 1260. The number of pyridine rings is 1. The van der Waals surface area contributed by atoms with E-state index in [0.717, 1.165) is 17.3 Å². The minimum Gasteiger partial charge on any atom is -0.395 e. The van der Waals surface area contributed by atoms with Crippen LogP contribution in [0.2, 0.25) is 0 Å². The van der Waals surface area contributed by atoms with Crippen LogP contribution < -0.4 is 10.9 Å². The molecule has 0 radical (unpaired) electrons. The third-order valence-corrected chi connectivity index (χ3v) is 5.95. The number of nitrogens with one attached hydrogen (secondary N) is 1. The topological polar surface area (TPSA) is 86.9 Å². The van der Waals surface area contributed by atoms with E-state index in [2.05, 4.69) is 10.3 Å². The number of thiocarbonyl (C=S) groups is 1. The zero-order valence-electron chi connectivity index (χ0n) is 16.1. The van der Waals surface area contributed by atoms with E-state index >= 15 is 0 Å². The Kier molecular flexibility index (Phi) is 6.12. The Morgan fingerprint density at radius 3 is 2.71 bits per heavy atom. The molecule has 0 spiro atoms.